The number of ether oxygens (including phenoxy) is 1. The number of carbonyl (C=O) groups is 1. The molecule has 0 amide bonds. The highest BCUT2D eigenvalue weighted by Crippen LogP contribution is 2.13. The number of aryl methyl sites for hydroxylation is 1. The van der Waals surface area contributed by atoms with Crippen molar-refractivity contribution in [2.45, 2.75) is 13.3 Å². The zero-order valence-corrected chi connectivity index (χ0v) is 9.41. The van der Waals surface area contributed by atoms with Crippen LogP contribution in [0.15, 0.2) is 18.3 Å². The minimum atomic E-state index is -0.266. The third-order valence-corrected chi connectivity index (χ3v) is 2.08. The lowest BCUT2D eigenvalue weighted by atomic mass is 10.2. The van der Waals surface area contributed by atoms with Gasteiger partial charge in [0, 0.05) is 6.20 Å². The predicted molar refractivity (Wildman–Crippen MR) is 59.7 cm³/mol. The number of pyridine rings is 1. The third-order valence-electron chi connectivity index (χ3n) is 1.87. The van der Waals surface area contributed by atoms with E-state index in [1.54, 1.807) is 18.3 Å². The second kappa shape index (κ2) is 5.51. The molecular weight excluding hydrogens is 214 g/mol. The fraction of sp³-hybridized carbons (Fsp3) is 0.273. The number of esters is 1. The lowest BCUT2D eigenvalue weighted by Gasteiger charge is -1.99. The van der Waals surface area contributed by atoms with Crippen molar-refractivity contribution in [3.05, 3.63) is 34.6 Å². The van der Waals surface area contributed by atoms with Crippen LogP contribution in [0.25, 0.3) is 6.08 Å². The molecule has 0 aliphatic heterocycles. The van der Waals surface area contributed by atoms with Crippen LogP contribution in [0.2, 0.25) is 5.02 Å². The lowest BCUT2D eigenvalue weighted by Crippen LogP contribution is -1.96. The SMILES string of the molecule is COC(=O)CC=Cc1ncc(Cl)cc1C. The van der Waals surface area contributed by atoms with Gasteiger partial charge < -0.3 is 4.74 Å². The fourth-order valence-corrected chi connectivity index (χ4v) is 1.29. The molecule has 0 atom stereocenters. The van der Waals surface area contributed by atoms with Gasteiger partial charge in [-0.2, -0.15) is 0 Å². The number of carbonyl (C=O) groups excluding carboxylic acids is 1. The maximum atomic E-state index is 10.8. The van der Waals surface area contributed by atoms with Crippen LogP contribution < -0.4 is 0 Å². The van der Waals surface area contributed by atoms with Gasteiger partial charge in [-0.1, -0.05) is 17.7 Å². The highest BCUT2D eigenvalue weighted by Gasteiger charge is 1.98. The lowest BCUT2D eigenvalue weighted by molar-refractivity contribution is -0.139. The number of halogens is 1. The summed E-state index contributed by atoms with van der Waals surface area (Å²) in [5.74, 6) is -0.266. The molecule has 0 aliphatic rings. The molecule has 0 saturated carbocycles. The summed E-state index contributed by atoms with van der Waals surface area (Å²) in [6.07, 6.45) is 5.32. The fourth-order valence-electron chi connectivity index (χ4n) is 1.08. The van der Waals surface area contributed by atoms with Crippen LogP contribution in [-0.2, 0) is 9.53 Å². The van der Waals surface area contributed by atoms with Crippen LogP contribution in [-0.4, -0.2) is 18.1 Å². The summed E-state index contributed by atoms with van der Waals surface area (Å²) < 4.78 is 4.51. The van der Waals surface area contributed by atoms with Gasteiger partial charge in [0.25, 0.3) is 0 Å². The summed E-state index contributed by atoms with van der Waals surface area (Å²) in [5.41, 5.74) is 1.78. The Balaban J connectivity index is 2.68. The molecule has 80 valence electrons. The number of aromatic nitrogens is 1. The van der Waals surface area contributed by atoms with Gasteiger partial charge in [-0.15, -0.1) is 0 Å². The minimum absolute atomic E-state index is 0.250. The van der Waals surface area contributed by atoms with Crippen LogP contribution in [0.5, 0.6) is 0 Å². The average molecular weight is 226 g/mol. The van der Waals surface area contributed by atoms with Crippen LogP contribution in [0, 0.1) is 6.92 Å². The maximum Gasteiger partial charge on any atom is 0.309 e. The van der Waals surface area contributed by atoms with Crippen LogP contribution in [0.4, 0.5) is 0 Å². The second-order valence-corrected chi connectivity index (χ2v) is 3.47. The summed E-state index contributed by atoms with van der Waals surface area (Å²) >= 11 is 5.76. The Kier molecular flexibility index (Phi) is 4.31. The molecule has 1 heterocycles. The Morgan fingerprint density at radius 3 is 3.00 bits per heavy atom. The zero-order chi connectivity index (χ0) is 11.3. The summed E-state index contributed by atoms with van der Waals surface area (Å²) in [6.45, 7) is 1.91. The Morgan fingerprint density at radius 1 is 1.67 bits per heavy atom. The first-order chi connectivity index (χ1) is 7.13. The van der Waals surface area contributed by atoms with Gasteiger partial charge in [-0.05, 0) is 24.6 Å². The quantitative estimate of drug-likeness (QED) is 0.743. The first-order valence-corrected chi connectivity index (χ1v) is 4.87. The first-order valence-electron chi connectivity index (χ1n) is 4.49. The van der Waals surface area contributed by atoms with E-state index in [-0.39, 0.29) is 12.4 Å². The molecule has 0 saturated heterocycles. The topological polar surface area (TPSA) is 39.2 Å². The molecule has 1 aromatic heterocycles. The van der Waals surface area contributed by atoms with Crippen molar-refractivity contribution in [1.29, 1.82) is 0 Å². The largest absolute Gasteiger partial charge is 0.469 e. The monoisotopic (exact) mass is 225 g/mol. The smallest absolute Gasteiger partial charge is 0.309 e. The molecule has 0 fully saturated rings. The maximum absolute atomic E-state index is 10.8. The Bertz CT molecular complexity index is 388. The summed E-state index contributed by atoms with van der Waals surface area (Å²) in [6, 6.07) is 1.83. The van der Waals surface area contributed by atoms with Crippen molar-refractivity contribution in [3.8, 4) is 0 Å². The van der Waals surface area contributed by atoms with E-state index in [9.17, 15) is 4.79 Å². The average Bonchev–Trinajstić information content (AvgIpc) is 2.21. The molecule has 1 aromatic rings. The van der Waals surface area contributed by atoms with Crippen molar-refractivity contribution < 1.29 is 9.53 Å². The molecule has 0 radical (unpaired) electrons. The van der Waals surface area contributed by atoms with E-state index in [0.29, 0.717) is 5.02 Å². The molecule has 0 N–H and O–H groups in total. The van der Waals surface area contributed by atoms with Crippen LogP contribution in [0.3, 0.4) is 0 Å². The molecule has 0 aliphatic carbocycles. The Hall–Kier alpha value is -1.35. The first kappa shape index (κ1) is 11.7. The Labute approximate surface area is 93.7 Å². The molecular formula is C11H12ClNO2. The number of methoxy groups -OCH3 is 1. The van der Waals surface area contributed by atoms with Crippen molar-refractivity contribution in [2.75, 3.05) is 7.11 Å². The van der Waals surface area contributed by atoms with Gasteiger partial charge in [0.2, 0.25) is 0 Å². The standard InChI is InChI=1S/C11H12ClNO2/c1-8-6-9(12)7-13-10(8)4-3-5-11(14)15-2/h3-4,6-7H,5H2,1-2H3. The van der Waals surface area contributed by atoms with E-state index >= 15 is 0 Å². The van der Waals surface area contributed by atoms with Crippen LogP contribution in [0.1, 0.15) is 17.7 Å². The van der Waals surface area contributed by atoms with Gasteiger partial charge in [0.1, 0.15) is 0 Å². The highest BCUT2D eigenvalue weighted by atomic mass is 35.5. The molecule has 0 unspecified atom stereocenters. The zero-order valence-electron chi connectivity index (χ0n) is 8.66. The molecule has 15 heavy (non-hydrogen) atoms. The normalized spacial score (nSPS) is 10.6. The molecule has 0 bridgehead atoms. The van der Waals surface area contributed by atoms with E-state index in [1.165, 1.54) is 7.11 Å². The molecule has 0 aromatic carbocycles. The molecule has 1 rings (SSSR count). The molecule has 3 nitrogen and oxygen atoms in total. The van der Waals surface area contributed by atoms with E-state index in [4.69, 9.17) is 11.6 Å². The predicted octanol–water partition coefficient (Wildman–Crippen LogP) is 2.62. The molecule has 4 heteroatoms. The van der Waals surface area contributed by atoms with Crippen molar-refractivity contribution in [3.63, 3.8) is 0 Å². The summed E-state index contributed by atoms with van der Waals surface area (Å²) in [5, 5.41) is 0.609. The van der Waals surface area contributed by atoms with E-state index in [2.05, 4.69) is 9.72 Å². The number of nitrogens with zero attached hydrogens (tertiary/aromatic N) is 1. The van der Waals surface area contributed by atoms with E-state index in [0.717, 1.165) is 11.3 Å². The molecule has 0 spiro atoms. The van der Waals surface area contributed by atoms with Gasteiger partial charge in [0.05, 0.1) is 24.2 Å². The minimum Gasteiger partial charge on any atom is -0.469 e. The van der Waals surface area contributed by atoms with Crippen molar-refractivity contribution in [1.82, 2.24) is 4.98 Å². The third kappa shape index (κ3) is 3.72. The number of hydrogen-bond acceptors (Lipinski definition) is 3. The highest BCUT2D eigenvalue weighted by molar-refractivity contribution is 6.30. The summed E-state index contributed by atoms with van der Waals surface area (Å²) in [4.78, 5) is 15.0. The Morgan fingerprint density at radius 2 is 2.40 bits per heavy atom. The van der Waals surface area contributed by atoms with Crippen LogP contribution >= 0.6 is 11.6 Å². The van der Waals surface area contributed by atoms with E-state index < -0.39 is 0 Å². The number of rotatable bonds is 3. The summed E-state index contributed by atoms with van der Waals surface area (Å²) in [7, 11) is 1.36. The van der Waals surface area contributed by atoms with Crippen molar-refractivity contribution >= 4 is 23.6 Å². The van der Waals surface area contributed by atoms with Crippen molar-refractivity contribution in [2.24, 2.45) is 0 Å². The van der Waals surface area contributed by atoms with Gasteiger partial charge in [-0.25, -0.2) is 0 Å². The van der Waals surface area contributed by atoms with Gasteiger partial charge >= 0.3 is 5.97 Å². The van der Waals surface area contributed by atoms with Gasteiger partial charge in [0.15, 0.2) is 0 Å². The number of hydrogen-bond donors (Lipinski definition) is 0. The second-order valence-electron chi connectivity index (χ2n) is 3.04. The van der Waals surface area contributed by atoms with E-state index in [1.807, 2.05) is 13.0 Å². The van der Waals surface area contributed by atoms with Gasteiger partial charge in [-0.3, -0.25) is 9.78 Å².